The number of hydrogen-bond donors (Lipinski definition) is 3. The summed E-state index contributed by atoms with van der Waals surface area (Å²) in [5, 5.41) is 18.1. The topological polar surface area (TPSA) is 64.6 Å². The number of rotatable bonds is 6. The van der Waals surface area contributed by atoms with Crippen molar-refractivity contribution < 1.29 is 9.90 Å². The number of urea groups is 1. The van der Waals surface area contributed by atoms with Crippen LogP contribution in [0.1, 0.15) is 30.9 Å². The largest absolute Gasteiger partial charge is 0.387 e. The second-order valence-electron chi connectivity index (χ2n) is 6.66. The Hall–Kier alpha value is -2.11. The predicted molar refractivity (Wildman–Crippen MR) is 101 cm³/mol. The number of nitrogens with one attached hydrogen (secondary N) is 2. The number of benzene rings is 2. The molecular formula is C20H27N3O2. The Bertz CT molecular complexity index is 698. The summed E-state index contributed by atoms with van der Waals surface area (Å²) >= 11 is 0. The summed E-state index contributed by atoms with van der Waals surface area (Å²) in [5.74, 6) is 0. The van der Waals surface area contributed by atoms with Gasteiger partial charge < -0.3 is 20.6 Å². The molecule has 5 nitrogen and oxygen atoms in total. The number of hydrogen-bond acceptors (Lipinski definition) is 3. The SMILES string of the molecule is O=C(NCCN1CCCCC1)NCC(O)c1ccc2ccccc2c1. The number of amides is 2. The lowest BCUT2D eigenvalue weighted by Crippen LogP contribution is -2.42. The summed E-state index contributed by atoms with van der Waals surface area (Å²) < 4.78 is 0. The van der Waals surface area contributed by atoms with E-state index in [2.05, 4.69) is 15.5 Å². The van der Waals surface area contributed by atoms with Gasteiger partial charge in [0, 0.05) is 19.6 Å². The van der Waals surface area contributed by atoms with Gasteiger partial charge in [0.1, 0.15) is 0 Å². The Morgan fingerprint density at radius 3 is 2.60 bits per heavy atom. The number of aliphatic hydroxyl groups excluding tert-OH is 1. The molecule has 1 aliphatic heterocycles. The van der Waals surface area contributed by atoms with Crippen molar-refractivity contribution in [3.05, 3.63) is 48.0 Å². The van der Waals surface area contributed by atoms with Crippen LogP contribution in [0.3, 0.4) is 0 Å². The van der Waals surface area contributed by atoms with Crippen molar-refractivity contribution in [2.75, 3.05) is 32.7 Å². The zero-order valence-electron chi connectivity index (χ0n) is 14.6. The molecule has 0 bridgehead atoms. The van der Waals surface area contributed by atoms with Gasteiger partial charge in [0.2, 0.25) is 0 Å². The van der Waals surface area contributed by atoms with Gasteiger partial charge in [-0.15, -0.1) is 0 Å². The fourth-order valence-corrected chi connectivity index (χ4v) is 3.30. The maximum Gasteiger partial charge on any atom is 0.314 e. The average molecular weight is 341 g/mol. The number of fused-ring (bicyclic) bond motifs is 1. The van der Waals surface area contributed by atoms with E-state index in [4.69, 9.17) is 0 Å². The van der Waals surface area contributed by atoms with Crippen LogP contribution in [0, 0.1) is 0 Å². The Morgan fingerprint density at radius 1 is 1.04 bits per heavy atom. The molecule has 25 heavy (non-hydrogen) atoms. The standard InChI is InChI=1S/C20H27N3O2/c24-19(18-9-8-16-6-2-3-7-17(16)14-18)15-22-20(25)21-10-13-23-11-4-1-5-12-23/h2-3,6-9,14,19,24H,1,4-5,10-13,15H2,(H2,21,22,25). The molecule has 1 unspecified atom stereocenters. The van der Waals surface area contributed by atoms with Gasteiger partial charge in [-0.3, -0.25) is 0 Å². The van der Waals surface area contributed by atoms with Crippen molar-refractivity contribution in [3.63, 3.8) is 0 Å². The highest BCUT2D eigenvalue weighted by Gasteiger charge is 2.12. The lowest BCUT2D eigenvalue weighted by molar-refractivity contribution is 0.172. The fraction of sp³-hybridized carbons (Fsp3) is 0.450. The summed E-state index contributed by atoms with van der Waals surface area (Å²) in [6, 6.07) is 13.7. The van der Waals surface area contributed by atoms with Gasteiger partial charge in [-0.05, 0) is 48.3 Å². The normalized spacial score (nSPS) is 16.5. The number of likely N-dealkylation sites (tertiary alicyclic amines) is 1. The lowest BCUT2D eigenvalue weighted by Gasteiger charge is -2.26. The molecule has 2 aromatic carbocycles. The smallest absolute Gasteiger partial charge is 0.314 e. The molecular weight excluding hydrogens is 314 g/mol. The average Bonchev–Trinajstić information content (AvgIpc) is 2.66. The first-order chi connectivity index (χ1) is 12.2. The number of carbonyl (C=O) groups is 1. The molecule has 134 valence electrons. The molecule has 0 saturated carbocycles. The van der Waals surface area contributed by atoms with E-state index in [1.165, 1.54) is 19.3 Å². The minimum Gasteiger partial charge on any atom is -0.387 e. The molecule has 1 aliphatic rings. The third-order valence-corrected chi connectivity index (χ3v) is 4.78. The molecule has 2 amide bonds. The second kappa shape index (κ2) is 8.83. The highest BCUT2D eigenvalue weighted by Crippen LogP contribution is 2.20. The van der Waals surface area contributed by atoms with E-state index in [1.54, 1.807) is 0 Å². The van der Waals surface area contributed by atoms with Crippen LogP contribution in [-0.2, 0) is 0 Å². The predicted octanol–water partition coefficient (Wildman–Crippen LogP) is 2.66. The molecule has 0 aliphatic carbocycles. The molecule has 1 saturated heterocycles. The minimum atomic E-state index is -0.711. The van der Waals surface area contributed by atoms with E-state index >= 15 is 0 Å². The van der Waals surface area contributed by atoms with Crippen LogP contribution < -0.4 is 10.6 Å². The number of carbonyl (C=O) groups excluding carboxylic acids is 1. The Morgan fingerprint density at radius 2 is 1.80 bits per heavy atom. The Kier molecular flexibility index (Phi) is 6.25. The first-order valence-electron chi connectivity index (χ1n) is 9.13. The van der Waals surface area contributed by atoms with Crippen molar-refractivity contribution in [2.45, 2.75) is 25.4 Å². The van der Waals surface area contributed by atoms with E-state index in [9.17, 15) is 9.90 Å². The van der Waals surface area contributed by atoms with E-state index < -0.39 is 6.10 Å². The highest BCUT2D eigenvalue weighted by molar-refractivity contribution is 5.83. The maximum atomic E-state index is 11.9. The first-order valence-corrected chi connectivity index (χ1v) is 9.13. The van der Waals surface area contributed by atoms with Crippen molar-refractivity contribution >= 4 is 16.8 Å². The van der Waals surface area contributed by atoms with Crippen LogP contribution in [0.2, 0.25) is 0 Å². The van der Waals surface area contributed by atoms with E-state index in [-0.39, 0.29) is 12.6 Å². The van der Waals surface area contributed by atoms with Crippen LogP contribution in [0.25, 0.3) is 10.8 Å². The van der Waals surface area contributed by atoms with Gasteiger partial charge in [0.15, 0.2) is 0 Å². The maximum absolute atomic E-state index is 11.9. The molecule has 1 heterocycles. The quantitative estimate of drug-likeness (QED) is 0.757. The molecule has 2 aromatic rings. The zero-order chi connectivity index (χ0) is 17.5. The van der Waals surface area contributed by atoms with E-state index in [0.717, 1.165) is 36.0 Å². The molecule has 0 spiro atoms. The van der Waals surface area contributed by atoms with Gasteiger partial charge >= 0.3 is 6.03 Å². The monoisotopic (exact) mass is 341 g/mol. The molecule has 1 atom stereocenters. The van der Waals surface area contributed by atoms with Gasteiger partial charge in [-0.2, -0.15) is 0 Å². The Balaban J connectivity index is 1.41. The van der Waals surface area contributed by atoms with E-state index in [0.29, 0.717) is 6.54 Å². The number of piperidine rings is 1. The van der Waals surface area contributed by atoms with Crippen molar-refractivity contribution in [1.29, 1.82) is 0 Å². The van der Waals surface area contributed by atoms with E-state index in [1.807, 2.05) is 42.5 Å². The number of nitrogens with zero attached hydrogens (tertiary/aromatic N) is 1. The molecule has 0 aromatic heterocycles. The van der Waals surface area contributed by atoms with Crippen LogP contribution in [0.5, 0.6) is 0 Å². The molecule has 3 N–H and O–H groups in total. The summed E-state index contributed by atoms with van der Waals surface area (Å²) in [4.78, 5) is 14.3. The van der Waals surface area contributed by atoms with Crippen molar-refractivity contribution in [3.8, 4) is 0 Å². The highest BCUT2D eigenvalue weighted by atomic mass is 16.3. The fourth-order valence-electron chi connectivity index (χ4n) is 3.30. The Labute approximate surface area is 149 Å². The lowest BCUT2D eigenvalue weighted by atomic mass is 10.0. The minimum absolute atomic E-state index is 0.202. The van der Waals surface area contributed by atoms with Crippen LogP contribution in [-0.4, -0.2) is 48.8 Å². The van der Waals surface area contributed by atoms with Gasteiger partial charge in [-0.25, -0.2) is 4.79 Å². The molecule has 1 fully saturated rings. The third-order valence-electron chi connectivity index (χ3n) is 4.78. The van der Waals surface area contributed by atoms with Crippen LogP contribution in [0.15, 0.2) is 42.5 Å². The summed E-state index contributed by atoms with van der Waals surface area (Å²) in [5.41, 5.74) is 0.812. The second-order valence-corrected chi connectivity index (χ2v) is 6.66. The van der Waals surface area contributed by atoms with Crippen molar-refractivity contribution in [2.24, 2.45) is 0 Å². The summed E-state index contributed by atoms with van der Waals surface area (Å²) in [7, 11) is 0. The van der Waals surface area contributed by atoms with Gasteiger partial charge in [0.05, 0.1) is 6.10 Å². The van der Waals surface area contributed by atoms with Crippen LogP contribution in [0.4, 0.5) is 4.79 Å². The third kappa shape index (κ3) is 5.18. The zero-order valence-corrected chi connectivity index (χ0v) is 14.6. The van der Waals surface area contributed by atoms with Gasteiger partial charge in [-0.1, -0.05) is 42.8 Å². The molecule has 0 radical (unpaired) electrons. The van der Waals surface area contributed by atoms with Crippen LogP contribution >= 0.6 is 0 Å². The summed E-state index contributed by atoms with van der Waals surface area (Å²) in [6.07, 6.45) is 3.11. The molecule has 3 rings (SSSR count). The molecule has 5 heteroatoms. The van der Waals surface area contributed by atoms with Crippen molar-refractivity contribution in [1.82, 2.24) is 15.5 Å². The van der Waals surface area contributed by atoms with Gasteiger partial charge in [0.25, 0.3) is 0 Å². The first kappa shape index (κ1) is 17.7. The number of aliphatic hydroxyl groups is 1. The summed E-state index contributed by atoms with van der Waals surface area (Å²) in [6.45, 7) is 3.99.